The predicted octanol–water partition coefficient (Wildman–Crippen LogP) is 5.24. The number of nitrogens with two attached hydrogens (primary N) is 3. The van der Waals surface area contributed by atoms with Gasteiger partial charge in [0.15, 0.2) is 5.82 Å². The molecule has 0 aliphatic heterocycles. The first-order valence-electron chi connectivity index (χ1n) is 11.3. The van der Waals surface area contributed by atoms with E-state index in [9.17, 15) is 4.79 Å². The SMILES string of the molecule is CC(C)(N)C(N)=O.Cl.Cl.NCCn1ccc2ncnc(Nc3ccc(Oc4cccc5sncc45)c(Cl)c3)c21. The number of fused-ring (bicyclic) bond motifs is 2. The van der Waals surface area contributed by atoms with E-state index < -0.39 is 11.4 Å². The molecule has 0 spiro atoms. The summed E-state index contributed by atoms with van der Waals surface area (Å²) < 4.78 is 13.4. The molecule has 14 heteroatoms. The van der Waals surface area contributed by atoms with E-state index in [1.54, 1.807) is 20.0 Å². The highest BCUT2D eigenvalue weighted by Gasteiger charge is 2.17. The number of ether oxygens (including phenoxy) is 1. The molecular weight excluding hydrogens is 583 g/mol. The van der Waals surface area contributed by atoms with Gasteiger partial charge in [-0.15, -0.1) is 24.8 Å². The summed E-state index contributed by atoms with van der Waals surface area (Å²) in [4.78, 5) is 18.8. The van der Waals surface area contributed by atoms with E-state index in [1.165, 1.54) is 17.9 Å². The summed E-state index contributed by atoms with van der Waals surface area (Å²) in [6.45, 7) is 4.34. The molecule has 2 aromatic carbocycles. The Bertz CT molecular complexity index is 1550. The first-order valence-corrected chi connectivity index (χ1v) is 12.5. The zero-order valence-electron chi connectivity index (χ0n) is 21.1. The van der Waals surface area contributed by atoms with E-state index in [0.29, 0.717) is 29.7 Å². The van der Waals surface area contributed by atoms with Crippen LogP contribution in [0.3, 0.4) is 0 Å². The molecule has 7 N–H and O–H groups in total. The third-order valence-corrected chi connectivity index (χ3v) is 6.39. The Morgan fingerprint density at radius 1 is 1.15 bits per heavy atom. The molecule has 39 heavy (non-hydrogen) atoms. The van der Waals surface area contributed by atoms with Gasteiger partial charge in [0, 0.05) is 25.0 Å². The highest BCUT2D eigenvalue weighted by Crippen LogP contribution is 2.36. The summed E-state index contributed by atoms with van der Waals surface area (Å²) in [6, 6.07) is 13.4. The quantitative estimate of drug-likeness (QED) is 0.194. The summed E-state index contributed by atoms with van der Waals surface area (Å²) in [5.41, 5.74) is 17.4. The van der Waals surface area contributed by atoms with Crippen LogP contribution in [-0.4, -0.2) is 36.9 Å². The Morgan fingerprint density at radius 2 is 1.90 bits per heavy atom. The molecule has 5 aromatic rings. The fourth-order valence-electron chi connectivity index (χ4n) is 3.32. The van der Waals surface area contributed by atoms with Crippen molar-refractivity contribution < 1.29 is 9.53 Å². The zero-order valence-corrected chi connectivity index (χ0v) is 24.3. The van der Waals surface area contributed by atoms with Crippen molar-refractivity contribution in [1.29, 1.82) is 0 Å². The number of hydrogen-bond donors (Lipinski definition) is 4. The van der Waals surface area contributed by atoms with Gasteiger partial charge in [-0.1, -0.05) is 17.7 Å². The maximum atomic E-state index is 10.1. The predicted molar refractivity (Wildman–Crippen MR) is 163 cm³/mol. The molecule has 10 nitrogen and oxygen atoms in total. The van der Waals surface area contributed by atoms with E-state index in [2.05, 4.69) is 19.7 Å². The molecule has 0 atom stereocenters. The van der Waals surface area contributed by atoms with Crippen molar-refractivity contribution in [1.82, 2.24) is 18.9 Å². The molecule has 0 radical (unpaired) electrons. The van der Waals surface area contributed by atoms with Crippen molar-refractivity contribution in [2.75, 3.05) is 11.9 Å². The number of amides is 1. The minimum atomic E-state index is -0.861. The van der Waals surface area contributed by atoms with Crippen molar-refractivity contribution in [3.63, 3.8) is 0 Å². The number of carbonyl (C=O) groups excluding carboxylic acids is 1. The molecule has 0 saturated carbocycles. The van der Waals surface area contributed by atoms with E-state index >= 15 is 0 Å². The highest BCUT2D eigenvalue weighted by atomic mass is 35.5. The molecular formula is C25H29Cl3N8O2S. The summed E-state index contributed by atoms with van der Waals surface area (Å²) >= 11 is 7.95. The minimum Gasteiger partial charge on any atom is -0.455 e. The van der Waals surface area contributed by atoms with Gasteiger partial charge in [-0.05, 0) is 61.8 Å². The van der Waals surface area contributed by atoms with Gasteiger partial charge in [-0.25, -0.2) is 9.97 Å². The lowest BCUT2D eigenvalue weighted by Crippen LogP contribution is -2.46. The fraction of sp³-hybridized carbons (Fsp3) is 0.200. The lowest BCUT2D eigenvalue weighted by Gasteiger charge is -2.12. The molecule has 0 aliphatic rings. The van der Waals surface area contributed by atoms with Crippen molar-refractivity contribution in [3.05, 3.63) is 66.2 Å². The monoisotopic (exact) mass is 610 g/mol. The Labute approximate surface area is 246 Å². The Hall–Kier alpha value is -3.19. The Balaban J connectivity index is 0.000000529. The molecule has 0 fully saturated rings. The lowest BCUT2D eigenvalue weighted by atomic mass is 10.1. The first kappa shape index (κ1) is 32.0. The summed E-state index contributed by atoms with van der Waals surface area (Å²) in [5.74, 6) is 1.51. The molecule has 208 valence electrons. The number of nitrogens with one attached hydrogen (secondary N) is 1. The van der Waals surface area contributed by atoms with Crippen molar-refractivity contribution in [2.45, 2.75) is 25.9 Å². The van der Waals surface area contributed by atoms with Gasteiger partial charge in [0.2, 0.25) is 5.91 Å². The third kappa shape index (κ3) is 7.69. The number of anilines is 2. The van der Waals surface area contributed by atoms with Gasteiger partial charge in [0.1, 0.15) is 23.3 Å². The third-order valence-electron chi connectivity index (χ3n) is 5.33. The second-order valence-electron chi connectivity index (χ2n) is 8.71. The van der Waals surface area contributed by atoms with Crippen LogP contribution in [0.25, 0.3) is 21.1 Å². The van der Waals surface area contributed by atoms with Crippen LogP contribution < -0.4 is 27.3 Å². The topological polar surface area (TPSA) is 160 Å². The minimum absolute atomic E-state index is 0. The molecule has 5 rings (SSSR count). The van der Waals surface area contributed by atoms with Gasteiger partial charge in [0.05, 0.1) is 32.4 Å². The fourth-order valence-corrected chi connectivity index (χ4v) is 4.20. The number of rotatable bonds is 7. The number of aromatic nitrogens is 4. The van der Waals surface area contributed by atoms with Crippen molar-refractivity contribution in [3.8, 4) is 11.5 Å². The summed E-state index contributed by atoms with van der Waals surface area (Å²) in [7, 11) is 0. The molecule has 0 unspecified atom stereocenters. The molecule has 0 aliphatic carbocycles. The average Bonchev–Trinajstić information content (AvgIpc) is 3.49. The molecule has 1 amide bonds. The Kier molecular flexibility index (Phi) is 11.3. The van der Waals surface area contributed by atoms with Crippen LogP contribution in [0.2, 0.25) is 5.02 Å². The standard InChI is InChI=1S/C21H17ClN6OS.C4H10N2O.2ClH/c22-15-10-13(27-21-20-16(24-12-25-21)6-8-28(20)9-7-23)4-5-18(15)29-17-2-1-3-19-14(17)11-26-30-19;1-4(2,6)3(5)7;;/h1-6,8,10-12H,7,9,23H2,(H,24,25,27);6H2,1-2H3,(H2,5,7);2*1H. The molecule has 0 bridgehead atoms. The highest BCUT2D eigenvalue weighted by molar-refractivity contribution is 7.13. The maximum Gasteiger partial charge on any atom is 0.236 e. The number of carbonyl (C=O) groups is 1. The smallest absolute Gasteiger partial charge is 0.236 e. The van der Waals surface area contributed by atoms with E-state index in [4.69, 9.17) is 33.5 Å². The number of primary amides is 1. The number of hydrogen-bond acceptors (Lipinski definition) is 9. The average molecular weight is 612 g/mol. The Morgan fingerprint density at radius 3 is 2.56 bits per heavy atom. The summed E-state index contributed by atoms with van der Waals surface area (Å²) in [5, 5.41) is 4.78. The van der Waals surface area contributed by atoms with Crippen molar-refractivity contribution >= 4 is 86.5 Å². The van der Waals surface area contributed by atoms with Crippen LogP contribution >= 0.6 is 47.9 Å². The van der Waals surface area contributed by atoms with E-state index in [0.717, 1.165) is 32.6 Å². The van der Waals surface area contributed by atoms with Crippen LogP contribution in [0, 0.1) is 0 Å². The van der Waals surface area contributed by atoms with E-state index in [1.807, 2.05) is 53.2 Å². The lowest BCUT2D eigenvalue weighted by molar-refractivity contribution is -0.121. The van der Waals surface area contributed by atoms with E-state index in [-0.39, 0.29) is 24.8 Å². The number of halogens is 3. The van der Waals surface area contributed by atoms with Gasteiger partial charge in [-0.3, -0.25) is 4.79 Å². The van der Waals surface area contributed by atoms with Crippen LogP contribution in [-0.2, 0) is 11.3 Å². The normalized spacial score (nSPS) is 10.7. The van der Waals surface area contributed by atoms with Gasteiger partial charge >= 0.3 is 0 Å². The maximum absolute atomic E-state index is 10.1. The number of benzene rings is 2. The molecule has 3 heterocycles. The van der Waals surface area contributed by atoms with Crippen LogP contribution in [0.4, 0.5) is 11.5 Å². The second kappa shape index (κ2) is 13.7. The van der Waals surface area contributed by atoms with Gasteiger partial charge in [-0.2, -0.15) is 4.37 Å². The van der Waals surface area contributed by atoms with Crippen molar-refractivity contribution in [2.24, 2.45) is 17.2 Å². The summed E-state index contributed by atoms with van der Waals surface area (Å²) in [6.07, 6.45) is 5.29. The van der Waals surface area contributed by atoms with Crippen LogP contribution in [0.1, 0.15) is 13.8 Å². The van der Waals surface area contributed by atoms with Gasteiger partial charge in [0.25, 0.3) is 0 Å². The van der Waals surface area contributed by atoms with Gasteiger partial charge < -0.3 is 31.8 Å². The first-order chi connectivity index (χ1) is 17.7. The number of nitrogens with zero attached hydrogens (tertiary/aromatic N) is 4. The largest absolute Gasteiger partial charge is 0.455 e. The van der Waals surface area contributed by atoms with Crippen LogP contribution in [0.5, 0.6) is 11.5 Å². The second-order valence-corrected chi connectivity index (χ2v) is 9.95. The zero-order chi connectivity index (χ0) is 26.6. The molecule has 3 aromatic heterocycles. The molecule has 0 saturated heterocycles. The van der Waals surface area contributed by atoms with Crippen LogP contribution in [0.15, 0.2) is 61.2 Å².